The van der Waals surface area contributed by atoms with Crippen molar-refractivity contribution in [3.8, 4) is 0 Å². The zero-order valence-corrected chi connectivity index (χ0v) is 11.1. The molecule has 0 unspecified atom stereocenters. The Labute approximate surface area is 112 Å². The first kappa shape index (κ1) is 13.5. The second kappa shape index (κ2) is 5.84. The van der Waals surface area contributed by atoms with Crippen LogP contribution < -0.4 is 5.73 Å². The van der Waals surface area contributed by atoms with Gasteiger partial charge in [-0.2, -0.15) is 0 Å². The van der Waals surface area contributed by atoms with Crippen LogP contribution in [0.15, 0.2) is 18.2 Å². The lowest BCUT2D eigenvalue weighted by Crippen LogP contribution is -2.07. The van der Waals surface area contributed by atoms with Crippen molar-refractivity contribution >= 4 is 17.0 Å². The van der Waals surface area contributed by atoms with E-state index >= 15 is 0 Å². The number of aromatic nitrogens is 2. The van der Waals surface area contributed by atoms with Crippen LogP contribution in [0.5, 0.6) is 0 Å². The summed E-state index contributed by atoms with van der Waals surface area (Å²) < 4.78 is 2.16. The van der Waals surface area contributed by atoms with Crippen molar-refractivity contribution in [1.82, 2.24) is 9.55 Å². The molecule has 0 atom stereocenters. The molecule has 3 N–H and O–H groups in total. The molecule has 5 nitrogen and oxygen atoms in total. The van der Waals surface area contributed by atoms with E-state index in [1.54, 1.807) is 12.1 Å². The Bertz CT molecular complexity index is 590. The molecule has 0 aliphatic carbocycles. The number of aryl methyl sites for hydroxylation is 2. The number of fused-ring (bicyclic) bond motifs is 1. The van der Waals surface area contributed by atoms with Gasteiger partial charge in [-0.1, -0.05) is 6.92 Å². The standard InChI is InChI=1S/C14H19N3O2/c1-2-8-17-12-6-5-10(14(18)19)9-11(12)16-13(17)4-3-7-15/h5-6,9H,2-4,7-8,15H2,1H3,(H,18,19). The number of nitrogens with two attached hydrogens (primary N) is 1. The SMILES string of the molecule is CCCn1c(CCCN)nc2cc(C(=O)O)ccc21. The van der Waals surface area contributed by atoms with Crippen molar-refractivity contribution in [3.63, 3.8) is 0 Å². The van der Waals surface area contributed by atoms with E-state index in [2.05, 4.69) is 16.5 Å². The van der Waals surface area contributed by atoms with Gasteiger partial charge >= 0.3 is 5.97 Å². The molecule has 0 radical (unpaired) electrons. The zero-order valence-electron chi connectivity index (χ0n) is 11.1. The maximum atomic E-state index is 11.0. The molecular weight excluding hydrogens is 242 g/mol. The summed E-state index contributed by atoms with van der Waals surface area (Å²) in [6.45, 7) is 3.64. The quantitative estimate of drug-likeness (QED) is 0.833. The number of aromatic carboxylic acids is 1. The lowest BCUT2D eigenvalue weighted by atomic mass is 10.2. The number of benzene rings is 1. The Morgan fingerprint density at radius 2 is 2.26 bits per heavy atom. The summed E-state index contributed by atoms with van der Waals surface area (Å²) in [5.74, 6) is 0.0697. The molecule has 0 saturated heterocycles. The Hall–Kier alpha value is -1.88. The highest BCUT2D eigenvalue weighted by atomic mass is 16.4. The molecule has 0 fully saturated rings. The van der Waals surface area contributed by atoms with Crippen LogP contribution in [-0.4, -0.2) is 27.2 Å². The largest absolute Gasteiger partial charge is 0.478 e. The Balaban J connectivity index is 2.48. The minimum Gasteiger partial charge on any atom is -0.478 e. The van der Waals surface area contributed by atoms with Crippen LogP contribution in [0.3, 0.4) is 0 Å². The molecule has 1 aromatic heterocycles. The molecule has 102 valence electrons. The summed E-state index contributed by atoms with van der Waals surface area (Å²) in [5.41, 5.74) is 7.57. The molecule has 0 aliphatic rings. The maximum absolute atomic E-state index is 11.0. The molecule has 19 heavy (non-hydrogen) atoms. The van der Waals surface area contributed by atoms with E-state index in [-0.39, 0.29) is 5.56 Å². The van der Waals surface area contributed by atoms with Crippen LogP contribution in [0.4, 0.5) is 0 Å². The molecule has 2 aromatic rings. The molecular formula is C14H19N3O2. The topological polar surface area (TPSA) is 81.1 Å². The summed E-state index contributed by atoms with van der Waals surface area (Å²) >= 11 is 0. The van der Waals surface area contributed by atoms with Crippen LogP contribution >= 0.6 is 0 Å². The normalized spacial score (nSPS) is 11.1. The van der Waals surface area contributed by atoms with Gasteiger partial charge < -0.3 is 15.4 Å². The molecule has 1 aromatic carbocycles. The van der Waals surface area contributed by atoms with E-state index in [0.717, 1.165) is 42.7 Å². The van der Waals surface area contributed by atoms with Crippen molar-refractivity contribution in [3.05, 3.63) is 29.6 Å². The highest BCUT2D eigenvalue weighted by Gasteiger charge is 2.12. The summed E-state index contributed by atoms with van der Waals surface area (Å²) in [4.78, 5) is 15.5. The predicted octanol–water partition coefficient (Wildman–Crippen LogP) is 2.04. The number of carboxylic acid groups (broad SMARTS) is 1. The van der Waals surface area contributed by atoms with E-state index in [0.29, 0.717) is 6.54 Å². The Morgan fingerprint density at radius 3 is 2.89 bits per heavy atom. The fraction of sp³-hybridized carbons (Fsp3) is 0.429. The van der Waals surface area contributed by atoms with Gasteiger partial charge in [-0.25, -0.2) is 9.78 Å². The molecule has 0 bridgehead atoms. The first-order valence-electron chi connectivity index (χ1n) is 6.60. The number of carboxylic acids is 1. The summed E-state index contributed by atoms with van der Waals surface area (Å²) in [7, 11) is 0. The van der Waals surface area contributed by atoms with E-state index in [1.807, 2.05) is 6.07 Å². The smallest absolute Gasteiger partial charge is 0.335 e. The minimum atomic E-state index is -0.921. The number of nitrogens with zero attached hydrogens (tertiary/aromatic N) is 2. The van der Waals surface area contributed by atoms with Crippen molar-refractivity contribution in [2.75, 3.05) is 6.54 Å². The van der Waals surface area contributed by atoms with Crippen LogP contribution in [-0.2, 0) is 13.0 Å². The predicted molar refractivity (Wildman–Crippen MR) is 74.4 cm³/mol. The van der Waals surface area contributed by atoms with Crippen molar-refractivity contribution in [1.29, 1.82) is 0 Å². The number of hydrogen-bond acceptors (Lipinski definition) is 3. The van der Waals surface area contributed by atoms with E-state index in [4.69, 9.17) is 10.8 Å². The van der Waals surface area contributed by atoms with Crippen molar-refractivity contribution in [2.24, 2.45) is 5.73 Å². The molecule has 0 spiro atoms. The van der Waals surface area contributed by atoms with E-state index < -0.39 is 5.97 Å². The second-order valence-corrected chi connectivity index (χ2v) is 4.58. The first-order chi connectivity index (χ1) is 9.17. The van der Waals surface area contributed by atoms with Gasteiger partial charge in [0, 0.05) is 13.0 Å². The first-order valence-corrected chi connectivity index (χ1v) is 6.60. The van der Waals surface area contributed by atoms with Crippen molar-refractivity contribution in [2.45, 2.75) is 32.7 Å². The van der Waals surface area contributed by atoms with Gasteiger partial charge in [0.2, 0.25) is 0 Å². The lowest BCUT2D eigenvalue weighted by molar-refractivity contribution is 0.0697. The van der Waals surface area contributed by atoms with Gasteiger partial charge in [-0.05, 0) is 37.6 Å². The molecule has 1 heterocycles. The van der Waals surface area contributed by atoms with Crippen molar-refractivity contribution < 1.29 is 9.90 Å². The maximum Gasteiger partial charge on any atom is 0.335 e. The molecule has 2 rings (SSSR count). The minimum absolute atomic E-state index is 0.277. The highest BCUT2D eigenvalue weighted by molar-refractivity contribution is 5.92. The molecule has 0 amide bonds. The third-order valence-corrected chi connectivity index (χ3v) is 3.13. The lowest BCUT2D eigenvalue weighted by Gasteiger charge is -2.07. The molecule has 0 aliphatic heterocycles. The van der Waals surface area contributed by atoms with Crippen LogP contribution in [0, 0.1) is 0 Å². The average molecular weight is 261 g/mol. The van der Waals surface area contributed by atoms with E-state index in [1.165, 1.54) is 0 Å². The number of carbonyl (C=O) groups is 1. The van der Waals surface area contributed by atoms with E-state index in [9.17, 15) is 4.79 Å². The zero-order chi connectivity index (χ0) is 13.8. The number of imidazole rings is 1. The van der Waals surface area contributed by atoms with Crippen LogP contribution in [0.25, 0.3) is 11.0 Å². The molecule has 0 saturated carbocycles. The van der Waals surface area contributed by atoms with Crippen LogP contribution in [0.1, 0.15) is 35.9 Å². The van der Waals surface area contributed by atoms with Gasteiger partial charge in [0.1, 0.15) is 5.82 Å². The molecule has 5 heteroatoms. The summed E-state index contributed by atoms with van der Waals surface area (Å²) in [6.07, 6.45) is 2.73. The van der Waals surface area contributed by atoms with Gasteiger partial charge in [0.15, 0.2) is 0 Å². The fourth-order valence-corrected chi connectivity index (χ4v) is 2.24. The Morgan fingerprint density at radius 1 is 1.47 bits per heavy atom. The highest BCUT2D eigenvalue weighted by Crippen LogP contribution is 2.19. The summed E-state index contributed by atoms with van der Waals surface area (Å²) in [6, 6.07) is 5.11. The summed E-state index contributed by atoms with van der Waals surface area (Å²) in [5, 5.41) is 9.01. The fourth-order valence-electron chi connectivity index (χ4n) is 2.24. The van der Waals surface area contributed by atoms with Gasteiger partial charge in [-0.15, -0.1) is 0 Å². The Kier molecular flexibility index (Phi) is 4.16. The number of rotatable bonds is 6. The third kappa shape index (κ3) is 2.76. The van der Waals surface area contributed by atoms with Gasteiger partial charge in [0.25, 0.3) is 0 Å². The van der Waals surface area contributed by atoms with Gasteiger partial charge in [0.05, 0.1) is 16.6 Å². The average Bonchev–Trinajstić information content (AvgIpc) is 2.74. The van der Waals surface area contributed by atoms with Gasteiger partial charge in [-0.3, -0.25) is 0 Å². The monoisotopic (exact) mass is 261 g/mol. The van der Waals surface area contributed by atoms with Crippen LogP contribution in [0.2, 0.25) is 0 Å². The number of hydrogen-bond donors (Lipinski definition) is 2. The second-order valence-electron chi connectivity index (χ2n) is 4.58. The third-order valence-electron chi connectivity index (χ3n) is 3.13.